The van der Waals surface area contributed by atoms with Gasteiger partial charge in [0.2, 0.25) is 0 Å². The summed E-state index contributed by atoms with van der Waals surface area (Å²) in [5.74, 6) is 0.643. The van der Waals surface area contributed by atoms with Crippen molar-refractivity contribution in [2.45, 2.75) is 57.7 Å². The van der Waals surface area contributed by atoms with Crippen LogP contribution in [0.5, 0.6) is 5.75 Å². The van der Waals surface area contributed by atoms with Crippen LogP contribution in [0, 0.1) is 5.92 Å². The highest BCUT2D eigenvalue weighted by Gasteiger charge is 2.30. The summed E-state index contributed by atoms with van der Waals surface area (Å²) in [7, 11) is 0. The Labute approximate surface area is 193 Å². The number of piperidine rings is 1. The van der Waals surface area contributed by atoms with Crippen molar-refractivity contribution in [1.82, 2.24) is 4.98 Å². The molecule has 4 rings (SSSR count). The van der Waals surface area contributed by atoms with Crippen LogP contribution in [0.2, 0.25) is 0 Å². The van der Waals surface area contributed by atoms with Gasteiger partial charge in [0.25, 0.3) is 0 Å². The molecule has 0 aliphatic carbocycles. The lowest BCUT2D eigenvalue weighted by atomic mass is 9.90. The fraction of sp³-hybridized carbons (Fsp3) is 0.444. The number of benzene rings is 2. The van der Waals surface area contributed by atoms with E-state index in [0.717, 1.165) is 49.4 Å². The summed E-state index contributed by atoms with van der Waals surface area (Å²) >= 11 is 0. The van der Waals surface area contributed by atoms with Gasteiger partial charge in [0.05, 0.1) is 5.52 Å². The number of pyridine rings is 1. The monoisotopic (exact) mass is 456 g/mol. The van der Waals surface area contributed by atoms with Gasteiger partial charge < -0.3 is 9.64 Å². The number of nitrogens with zero attached hydrogens (tertiary/aromatic N) is 2. The summed E-state index contributed by atoms with van der Waals surface area (Å²) in [6.45, 7) is 2.21. The van der Waals surface area contributed by atoms with E-state index in [2.05, 4.69) is 38.9 Å². The summed E-state index contributed by atoms with van der Waals surface area (Å²) < 4.78 is 40.6. The second-order valence-corrected chi connectivity index (χ2v) is 8.92. The molecule has 1 aliphatic rings. The van der Waals surface area contributed by atoms with Crippen LogP contribution >= 0.6 is 0 Å². The molecular weight excluding hydrogens is 425 g/mol. The van der Waals surface area contributed by atoms with Crippen LogP contribution in [-0.4, -0.2) is 24.4 Å². The Balaban J connectivity index is 1.12. The van der Waals surface area contributed by atoms with Gasteiger partial charge in [-0.2, -0.15) is 0 Å². The fourth-order valence-corrected chi connectivity index (χ4v) is 4.79. The highest BCUT2D eigenvalue weighted by atomic mass is 19.4. The molecule has 0 spiro atoms. The minimum atomic E-state index is -4.63. The molecule has 0 bridgehead atoms. The lowest BCUT2D eigenvalue weighted by Crippen LogP contribution is -2.33. The molecule has 3 aromatic rings. The number of anilines is 1. The third kappa shape index (κ3) is 6.86. The Kier molecular flexibility index (Phi) is 7.73. The van der Waals surface area contributed by atoms with Gasteiger partial charge in [-0.25, -0.2) is 0 Å². The molecule has 0 atom stereocenters. The number of aromatic nitrogens is 1. The van der Waals surface area contributed by atoms with Crippen LogP contribution in [0.4, 0.5) is 18.9 Å². The van der Waals surface area contributed by atoms with E-state index >= 15 is 0 Å². The van der Waals surface area contributed by atoms with E-state index in [-0.39, 0.29) is 5.75 Å². The standard InChI is InChI=1S/C27H31F3N2O/c28-27(29,30)33-23-13-11-21(12-14-23)7-3-1-2-4-8-22-16-19-32(20-17-22)26-15-18-31-25-10-6-5-9-24(25)26/h5-6,9-15,18,22H,1-4,7-8,16-17,19-20H2. The average Bonchev–Trinajstić information content (AvgIpc) is 2.81. The number of rotatable bonds is 9. The maximum atomic E-state index is 12.2. The number of para-hydroxylation sites is 1. The molecule has 0 radical (unpaired) electrons. The van der Waals surface area contributed by atoms with E-state index in [4.69, 9.17) is 0 Å². The molecule has 2 aromatic carbocycles. The number of fused-ring (bicyclic) bond motifs is 1. The predicted octanol–water partition coefficient (Wildman–Crippen LogP) is 7.54. The fourth-order valence-electron chi connectivity index (χ4n) is 4.79. The zero-order valence-corrected chi connectivity index (χ0v) is 18.9. The summed E-state index contributed by atoms with van der Waals surface area (Å²) in [4.78, 5) is 6.98. The molecule has 3 nitrogen and oxygen atoms in total. The first-order valence-corrected chi connectivity index (χ1v) is 11.9. The zero-order chi connectivity index (χ0) is 23.1. The lowest BCUT2D eigenvalue weighted by Gasteiger charge is -2.34. The predicted molar refractivity (Wildman–Crippen MR) is 127 cm³/mol. The molecule has 1 aliphatic heterocycles. The Bertz CT molecular complexity index is 1010. The molecule has 1 saturated heterocycles. The largest absolute Gasteiger partial charge is 0.573 e. The van der Waals surface area contributed by atoms with Gasteiger partial charge in [-0.15, -0.1) is 13.2 Å². The Morgan fingerprint density at radius 2 is 1.61 bits per heavy atom. The van der Waals surface area contributed by atoms with Crippen molar-refractivity contribution >= 4 is 16.6 Å². The van der Waals surface area contributed by atoms with E-state index < -0.39 is 6.36 Å². The Morgan fingerprint density at radius 3 is 2.36 bits per heavy atom. The first kappa shape index (κ1) is 23.4. The SMILES string of the molecule is FC(F)(F)Oc1ccc(CCCCCCC2CCN(c3ccnc4ccccc34)CC2)cc1. The van der Waals surface area contributed by atoms with Crippen LogP contribution in [0.25, 0.3) is 10.9 Å². The van der Waals surface area contributed by atoms with Crippen molar-refractivity contribution in [3.05, 3.63) is 66.4 Å². The molecule has 1 aromatic heterocycles. The second-order valence-electron chi connectivity index (χ2n) is 8.92. The van der Waals surface area contributed by atoms with E-state index in [1.807, 2.05) is 12.3 Å². The van der Waals surface area contributed by atoms with Crippen molar-refractivity contribution in [3.63, 3.8) is 0 Å². The molecule has 1 fully saturated rings. The summed E-state index contributed by atoms with van der Waals surface area (Å²) in [6, 6.07) is 16.7. The normalized spacial score (nSPS) is 15.2. The molecule has 176 valence electrons. The van der Waals surface area contributed by atoms with E-state index in [1.165, 1.54) is 55.3 Å². The number of hydrogen-bond donors (Lipinski definition) is 0. The van der Waals surface area contributed by atoms with Gasteiger partial charge in [-0.3, -0.25) is 4.98 Å². The van der Waals surface area contributed by atoms with Gasteiger partial charge in [0, 0.05) is 30.4 Å². The maximum absolute atomic E-state index is 12.2. The maximum Gasteiger partial charge on any atom is 0.573 e. The van der Waals surface area contributed by atoms with Crippen molar-refractivity contribution < 1.29 is 17.9 Å². The lowest BCUT2D eigenvalue weighted by molar-refractivity contribution is -0.274. The molecule has 0 saturated carbocycles. The Morgan fingerprint density at radius 1 is 0.879 bits per heavy atom. The highest BCUT2D eigenvalue weighted by molar-refractivity contribution is 5.91. The van der Waals surface area contributed by atoms with E-state index in [1.54, 1.807) is 12.1 Å². The molecule has 33 heavy (non-hydrogen) atoms. The summed E-state index contributed by atoms with van der Waals surface area (Å²) in [6.07, 6.45) is 6.62. The smallest absolute Gasteiger partial charge is 0.406 e. The van der Waals surface area contributed by atoms with Crippen molar-refractivity contribution in [3.8, 4) is 5.75 Å². The van der Waals surface area contributed by atoms with Crippen LogP contribution in [0.3, 0.4) is 0 Å². The summed E-state index contributed by atoms with van der Waals surface area (Å²) in [5.41, 5.74) is 3.42. The molecular formula is C27H31F3N2O. The van der Waals surface area contributed by atoms with Gasteiger partial charge in [-0.05, 0) is 61.4 Å². The number of hydrogen-bond acceptors (Lipinski definition) is 3. The second kappa shape index (κ2) is 10.9. The molecule has 6 heteroatoms. The topological polar surface area (TPSA) is 25.4 Å². The van der Waals surface area contributed by atoms with Crippen LogP contribution in [-0.2, 0) is 6.42 Å². The number of alkyl halides is 3. The van der Waals surface area contributed by atoms with E-state index in [9.17, 15) is 13.2 Å². The molecule has 0 N–H and O–H groups in total. The Hall–Kier alpha value is -2.76. The number of ether oxygens (including phenoxy) is 1. The van der Waals surface area contributed by atoms with Gasteiger partial charge in [-0.1, -0.05) is 56.0 Å². The average molecular weight is 457 g/mol. The van der Waals surface area contributed by atoms with E-state index in [0.29, 0.717) is 0 Å². The van der Waals surface area contributed by atoms with Crippen LogP contribution in [0.15, 0.2) is 60.8 Å². The first-order chi connectivity index (χ1) is 16.0. The molecule has 0 amide bonds. The van der Waals surface area contributed by atoms with Crippen LogP contribution < -0.4 is 9.64 Å². The minimum Gasteiger partial charge on any atom is -0.406 e. The highest BCUT2D eigenvalue weighted by Crippen LogP contribution is 2.31. The summed E-state index contributed by atoms with van der Waals surface area (Å²) in [5, 5.41) is 1.24. The van der Waals surface area contributed by atoms with Gasteiger partial charge in [0.1, 0.15) is 5.75 Å². The third-order valence-corrected chi connectivity index (χ3v) is 6.57. The minimum absolute atomic E-state index is 0.158. The molecule has 0 unspecified atom stereocenters. The van der Waals surface area contributed by atoms with Crippen molar-refractivity contribution in [1.29, 1.82) is 0 Å². The first-order valence-electron chi connectivity index (χ1n) is 11.9. The van der Waals surface area contributed by atoms with Crippen molar-refractivity contribution in [2.24, 2.45) is 5.92 Å². The van der Waals surface area contributed by atoms with Crippen molar-refractivity contribution in [2.75, 3.05) is 18.0 Å². The van der Waals surface area contributed by atoms with Gasteiger partial charge >= 0.3 is 6.36 Å². The third-order valence-electron chi connectivity index (χ3n) is 6.57. The quantitative estimate of drug-likeness (QED) is 0.311. The molecule has 2 heterocycles. The number of unbranched alkanes of at least 4 members (excludes halogenated alkanes) is 3. The number of aryl methyl sites for hydroxylation is 1. The van der Waals surface area contributed by atoms with Gasteiger partial charge in [0.15, 0.2) is 0 Å². The zero-order valence-electron chi connectivity index (χ0n) is 18.9. The number of halogens is 3. The van der Waals surface area contributed by atoms with Crippen LogP contribution in [0.1, 0.15) is 50.5 Å².